The fraction of sp³-hybridized carbons (Fsp3) is 0.167. The first-order valence-electron chi connectivity index (χ1n) is 10.00. The van der Waals surface area contributed by atoms with Gasteiger partial charge in [-0.1, -0.05) is 30.3 Å². The Hall–Kier alpha value is -3.45. The topological polar surface area (TPSA) is 80.5 Å². The van der Waals surface area contributed by atoms with E-state index in [4.69, 9.17) is 0 Å². The molecule has 0 radical (unpaired) electrons. The summed E-state index contributed by atoms with van der Waals surface area (Å²) in [6.07, 6.45) is 4.04. The summed E-state index contributed by atoms with van der Waals surface area (Å²) < 4.78 is 26.4. The van der Waals surface area contributed by atoms with Gasteiger partial charge < -0.3 is 9.72 Å². The standard InChI is InChI=1S/C24H23N3O3S/c1-17(2)31(29,30)21-11-9-18(10-12-21)14-24(28)25-20-7-5-6-19(15-20)22-16-27-13-4-3-8-23(27)26-22/h3-13,15-17H,14H2,1-2H3,(H,25,28). The zero-order chi connectivity index (χ0) is 22.0. The summed E-state index contributed by atoms with van der Waals surface area (Å²) in [6.45, 7) is 3.30. The van der Waals surface area contributed by atoms with Crippen molar-refractivity contribution in [1.82, 2.24) is 9.38 Å². The van der Waals surface area contributed by atoms with E-state index in [1.54, 1.807) is 38.1 Å². The maximum atomic E-state index is 12.5. The van der Waals surface area contributed by atoms with Crippen LogP contribution in [0.25, 0.3) is 16.9 Å². The Balaban J connectivity index is 1.46. The molecule has 0 saturated carbocycles. The van der Waals surface area contributed by atoms with Gasteiger partial charge in [-0.3, -0.25) is 4.79 Å². The van der Waals surface area contributed by atoms with Crippen molar-refractivity contribution in [3.05, 3.63) is 84.7 Å². The number of nitrogens with one attached hydrogen (secondary N) is 1. The van der Waals surface area contributed by atoms with Crippen LogP contribution in [0.3, 0.4) is 0 Å². The Labute approximate surface area is 181 Å². The molecule has 158 valence electrons. The van der Waals surface area contributed by atoms with E-state index >= 15 is 0 Å². The molecule has 2 aromatic heterocycles. The molecule has 4 aromatic rings. The second-order valence-electron chi connectivity index (χ2n) is 7.64. The number of rotatable bonds is 6. The molecule has 31 heavy (non-hydrogen) atoms. The van der Waals surface area contributed by atoms with Crippen molar-refractivity contribution in [3.8, 4) is 11.3 Å². The van der Waals surface area contributed by atoms with Gasteiger partial charge in [-0.05, 0) is 55.8 Å². The van der Waals surface area contributed by atoms with Gasteiger partial charge >= 0.3 is 0 Å². The highest BCUT2D eigenvalue weighted by Gasteiger charge is 2.19. The normalized spacial score (nSPS) is 11.7. The highest BCUT2D eigenvalue weighted by Crippen LogP contribution is 2.23. The van der Waals surface area contributed by atoms with Crippen LogP contribution in [-0.2, 0) is 21.1 Å². The number of carbonyl (C=O) groups is 1. The van der Waals surface area contributed by atoms with E-state index in [1.807, 2.05) is 59.3 Å². The van der Waals surface area contributed by atoms with Gasteiger partial charge in [-0.15, -0.1) is 0 Å². The number of carbonyl (C=O) groups excluding carboxylic acids is 1. The second-order valence-corrected chi connectivity index (χ2v) is 10.1. The molecule has 0 saturated heterocycles. The van der Waals surface area contributed by atoms with Crippen LogP contribution in [0.4, 0.5) is 5.69 Å². The number of imidazole rings is 1. The molecule has 0 aliphatic heterocycles. The number of fused-ring (bicyclic) bond motifs is 1. The predicted molar refractivity (Wildman–Crippen MR) is 122 cm³/mol. The third-order valence-corrected chi connectivity index (χ3v) is 7.21. The van der Waals surface area contributed by atoms with Crippen molar-refractivity contribution in [1.29, 1.82) is 0 Å². The van der Waals surface area contributed by atoms with Crippen molar-refractivity contribution in [2.75, 3.05) is 5.32 Å². The summed E-state index contributed by atoms with van der Waals surface area (Å²) in [5.41, 5.74) is 4.01. The van der Waals surface area contributed by atoms with Crippen molar-refractivity contribution < 1.29 is 13.2 Å². The van der Waals surface area contributed by atoms with Gasteiger partial charge in [0, 0.05) is 23.6 Å². The quantitative estimate of drug-likeness (QED) is 0.490. The van der Waals surface area contributed by atoms with Gasteiger partial charge in [0.2, 0.25) is 5.91 Å². The molecule has 1 N–H and O–H groups in total. The largest absolute Gasteiger partial charge is 0.326 e. The van der Waals surface area contributed by atoms with E-state index < -0.39 is 15.1 Å². The molecule has 7 heteroatoms. The van der Waals surface area contributed by atoms with Crippen LogP contribution in [0.15, 0.2) is 84.0 Å². The summed E-state index contributed by atoms with van der Waals surface area (Å²) in [4.78, 5) is 17.4. The molecule has 2 aromatic carbocycles. The van der Waals surface area contributed by atoms with Crippen molar-refractivity contribution in [2.45, 2.75) is 30.4 Å². The van der Waals surface area contributed by atoms with Gasteiger partial charge in [0.05, 0.1) is 22.3 Å². The van der Waals surface area contributed by atoms with E-state index in [1.165, 1.54) is 0 Å². The van der Waals surface area contributed by atoms with E-state index in [2.05, 4.69) is 10.3 Å². The zero-order valence-corrected chi connectivity index (χ0v) is 18.1. The monoisotopic (exact) mass is 433 g/mol. The van der Waals surface area contributed by atoms with Crippen molar-refractivity contribution in [2.24, 2.45) is 0 Å². The summed E-state index contributed by atoms with van der Waals surface area (Å²) in [6, 6.07) is 19.8. The first kappa shape index (κ1) is 20.8. The predicted octanol–water partition coefficient (Wildman–Crippen LogP) is 4.36. The average molecular weight is 434 g/mol. The van der Waals surface area contributed by atoms with Crippen LogP contribution in [0.5, 0.6) is 0 Å². The lowest BCUT2D eigenvalue weighted by atomic mass is 10.1. The number of benzene rings is 2. The number of amides is 1. The molecule has 0 aliphatic rings. The van der Waals surface area contributed by atoms with Crippen LogP contribution < -0.4 is 5.32 Å². The lowest BCUT2D eigenvalue weighted by Gasteiger charge is -2.09. The Kier molecular flexibility index (Phi) is 5.61. The Morgan fingerprint density at radius 1 is 1.03 bits per heavy atom. The number of sulfone groups is 1. The summed E-state index contributed by atoms with van der Waals surface area (Å²) in [5.74, 6) is -0.174. The van der Waals surface area contributed by atoms with Gasteiger partial charge in [-0.2, -0.15) is 0 Å². The lowest BCUT2D eigenvalue weighted by molar-refractivity contribution is -0.115. The minimum atomic E-state index is -3.32. The van der Waals surface area contributed by atoms with Crippen LogP contribution in [-0.4, -0.2) is 29.0 Å². The van der Waals surface area contributed by atoms with E-state index in [-0.39, 0.29) is 17.2 Å². The molecule has 6 nitrogen and oxygen atoms in total. The first-order chi connectivity index (χ1) is 14.8. The Morgan fingerprint density at radius 3 is 2.52 bits per heavy atom. The fourth-order valence-corrected chi connectivity index (χ4v) is 4.35. The second kappa shape index (κ2) is 8.35. The number of pyridine rings is 1. The fourth-order valence-electron chi connectivity index (χ4n) is 3.29. The number of nitrogens with zero attached hydrogens (tertiary/aromatic N) is 2. The van der Waals surface area contributed by atoms with Crippen LogP contribution in [0.2, 0.25) is 0 Å². The van der Waals surface area contributed by atoms with Crippen LogP contribution >= 0.6 is 0 Å². The molecular formula is C24H23N3O3S. The Bertz CT molecular complexity index is 1310. The number of aromatic nitrogens is 2. The average Bonchev–Trinajstić information content (AvgIpc) is 3.18. The maximum absolute atomic E-state index is 12.5. The van der Waals surface area contributed by atoms with E-state index in [0.717, 1.165) is 22.5 Å². The van der Waals surface area contributed by atoms with Gasteiger partial charge in [-0.25, -0.2) is 13.4 Å². The van der Waals surface area contributed by atoms with Gasteiger partial charge in [0.25, 0.3) is 0 Å². The van der Waals surface area contributed by atoms with Gasteiger partial charge in [0.15, 0.2) is 9.84 Å². The number of anilines is 1. The third-order valence-electron chi connectivity index (χ3n) is 5.04. The van der Waals surface area contributed by atoms with Crippen molar-refractivity contribution in [3.63, 3.8) is 0 Å². The van der Waals surface area contributed by atoms with Crippen LogP contribution in [0.1, 0.15) is 19.4 Å². The minimum absolute atomic E-state index is 0.153. The summed E-state index contributed by atoms with van der Waals surface area (Å²) >= 11 is 0. The summed E-state index contributed by atoms with van der Waals surface area (Å²) in [5, 5.41) is 2.42. The molecule has 4 rings (SSSR count). The minimum Gasteiger partial charge on any atom is -0.326 e. The SMILES string of the molecule is CC(C)S(=O)(=O)c1ccc(CC(=O)Nc2cccc(-c3cn4ccccc4n3)c2)cc1. The van der Waals surface area contributed by atoms with E-state index in [9.17, 15) is 13.2 Å². The first-order valence-corrected chi connectivity index (χ1v) is 11.5. The van der Waals surface area contributed by atoms with Crippen molar-refractivity contribution >= 4 is 27.1 Å². The molecular weight excluding hydrogens is 410 g/mol. The lowest BCUT2D eigenvalue weighted by Crippen LogP contribution is -2.15. The number of hydrogen-bond acceptors (Lipinski definition) is 4. The van der Waals surface area contributed by atoms with Gasteiger partial charge in [0.1, 0.15) is 5.65 Å². The van der Waals surface area contributed by atoms with Crippen LogP contribution in [0, 0.1) is 0 Å². The molecule has 0 spiro atoms. The third kappa shape index (κ3) is 4.51. The molecule has 0 bridgehead atoms. The molecule has 0 aliphatic carbocycles. The highest BCUT2D eigenvalue weighted by molar-refractivity contribution is 7.92. The maximum Gasteiger partial charge on any atom is 0.228 e. The Morgan fingerprint density at radius 2 is 1.81 bits per heavy atom. The molecule has 1 amide bonds. The molecule has 0 unspecified atom stereocenters. The number of hydrogen-bond donors (Lipinski definition) is 1. The highest BCUT2D eigenvalue weighted by atomic mass is 32.2. The molecule has 0 atom stereocenters. The summed E-state index contributed by atoms with van der Waals surface area (Å²) in [7, 11) is -3.32. The molecule has 2 heterocycles. The molecule has 0 fully saturated rings. The zero-order valence-electron chi connectivity index (χ0n) is 17.3. The van der Waals surface area contributed by atoms with E-state index in [0.29, 0.717) is 5.69 Å². The smallest absolute Gasteiger partial charge is 0.228 e.